The maximum absolute atomic E-state index is 12.6. The third-order valence-electron chi connectivity index (χ3n) is 2.08. The smallest absolute Gasteiger partial charge is 0.411 e. The molecule has 1 aromatic carbocycles. The molecule has 7 heteroatoms. The molecule has 0 radical (unpaired) electrons. The van der Waals surface area contributed by atoms with Gasteiger partial charge in [0.25, 0.3) is 0 Å². The molecule has 0 unspecified atom stereocenters. The summed E-state index contributed by atoms with van der Waals surface area (Å²) in [7, 11) is 1.12. The fraction of sp³-hybridized carbons (Fsp3) is 0.200. The lowest BCUT2D eigenvalue weighted by molar-refractivity contribution is -0.136. The minimum Gasteiger partial charge on any atom is -0.465 e. The van der Waals surface area contributed by atoms with E-state index in [9.17, 15) is 18.0 Å². The molecule has 0 saturated carbocycles. The minimum atomic E-state index is -4.69. The Bertz CT molecular complexity index is 491. The van der Waals surface area contributed by atoms with Crippen LogP contribution in [-0.4, -0.2) is 18.2 Å². The number of anilines is 1. The van der Waals surface area contributed by atoms with E-state index in [0.717, 1.165) is 19.2 Å². The Hall–Kier alpha value is -2.23. The Morgan fingerprint density at radius 2 is 2.06 bits per heavy atom. The molecule has 0 aliphatic carbocycles. The van der Waals surface area contributed by atoms with Gasteiger partial charge in [0.2, 0.25) is 0 Å². The number of rotatable bonds is 1. The van der Waals surface area contributed by atoms with Crippen LogP contribution in [-0.2, 0) is 6.18 Å². The average Bonchev–Trinajstić information content (AvgIpc) is 2.25. The number of halogens is 3. The van der Waals surface area contributed by atoms with E-state index in [1.54, 1.807) is 0 Å². The molecule has 0 aliphatic heterocycles. The number of nitrogens with zero attached hydrogens (tertiary/aromatic N) is 2. The minimum absolute atomic E-state index is 0.141. The summed E-state index contributed by atoms with van der Waals surface area (Å²) in [5, 5.41) is 8.64. The predicted octanol–water partition coefficient (Wildman–Crippen LogP) is 3.37. The first-order valence-corrected chi connectivity index (χ1v) is 4.32. The first-order chi connectivity index (χ1) is 7.77. The molecule has 0 aromatic heterocycles. The molecule has 0 saturated heterocycles. The van der Waals surface area contributed by atoms with Gasteiger partial charge in [-0.15, -0.1) is 0 Å². The van der Waals surface area contributed by atoms with Gasteiger partial charge in [-0.3, -0.25) is 4.90 Å². The second kappa shape index (κ2) is 4.33. The van der Waals surface area contributed by atoms with Crippen molar-refractivity contribution in [3.63, 3.8) is 0 Å². The number of benzene rings is 1. The molecule has 17 heavy (non-hydrogen) atoms. The zero-order valence-corrected chi connectivity index (χ0v) is 8.62. The maximum Gasteiger partial charge on any atom is 0.411 e. The summed E-state index contributed by atoms with van der Waals surface area (Å²) in [5.74, 6) is 0. The number of amides is 1. The van der Waals surface area contributed by atoms with Crippen LogP contribution in [0.4, 0.5) is 29.3 Å². The summed E-state index contributed by atoms with van der Waals surface area (Å²) in [6, 6.07) is 2.74. The monoisotopic (exact) mass is 244 g/mol. The highest BCUT2D eigenvalue weighted by molar-refractivity contribution is 5.86. The third kappa shape index (κ3) is 2.66. The molecule has 4 nitrogen and oxygen atoms in total. The fourth-order valence-corrected chi connectivity index (χ4v) is 1.17. The van der Waals surface area contributed by atoms with Crippen molar-refractivity contribution in [2.75, 3.05) is 11.9 Å². The molecule has 0 fully saturated rings. The van der Waals surface area contributed by atoms with Crippen LogP contribution < -0.4 is 4.90 Å². The van der Waals surface area contributed by atoms with E-state index < -0.39 is 23.5 Å². The van der Waals surface area contributed by atoms with Gasteiger partial charge in [0.15, 0.2) is 5.69 Å². The predicted molar refractivity (Wildman–Crippen MR) is 54.1 cm³/mol. The first-order valence-electron chi connectivity index (χ1n) is 4.32. The van der Waals surface area contributed by atoms with Gasteiger partial charge in [-0.25, -0.2) is 9.64 Å². The van der Waals surface area contributed by atoms with E-state index in [1.165, 1.54) is 0 Å². The summed E-state index contributed by atoms with van der Waals surface area (Å²) in [5.41, 5.74) is -1.84. The van der Waals surface area contributed by atoms with Crippen LogP contribution in [0.5, 0.6) is 0 Å². The second-order valence-corrected chi connectivity index (χ2v) is 3.15. The van der Waals surface area contributed by atoms with Gasteiger partial charge in [0.1, 0.15) is 0 Å². The lowest BCUT2D eigenvalue weighted by Crippen LogP contribution is -2.24. The van der Waals surface area contributed by atoms with Crippen LogP contribution >= 0.6 is 0 Å². The number of carbonyl (C=O) groups is 1. The molecule has 1 aromatic rings. The standard InChI is InChI=1S/C10H7F3N2O2/c1-14-8-4-3-6(15(2)9(16)17)5-7(8)10(11,12)13/h3-5H,2H3,(H,16,17). The number of carboxylic acid groups (broad SMARTS) is 1. The van der Waals surface area contributed by atoms with Crippen LogP contribution in [0.15, 0.2) is 18.2 Å². The average molecular weight is 244 g/mol. The molecular weight excluding hydrogens is 237 g/mol. The van der Waals surface area contributed by atoms with E-state index in [2.05, 4.69) is 4.85 Å². The molecular formula is C10H7F3N2O2. The van der Waals surface area contributed by atoms with Gasteiger partial charge in [0.05, 0.1) is 12.1 Å². The molecule has 1 amide bonds. The quantitative estimate of drug-likeness (QED) is 0.770. The van der Waals surface area contributed by atoms with E-state index in [1.807, 2.05) is 0 Å². The van der Waals surface area contributed by atoms with Crippen molar-refractivity contribution < 1.29 is 23.1 Å². The van der Waals surface area contributed by atoms with Gasteiger partial charge in [0, 0.05) is 12.7 Å². The highest BCUT2D eigenvalue weighted by Gasteiger charge is 2.34. The Labute approximate surface area is 94.7 Å². The summed E-state index contributed by atoms with van der Waals surface area (Å²) in [4.78, 5) is 14.0. The molecule has 0 atom stereocenters. The van der Waals surface area contributed by atoms with Crippen molar-refractivity contribution in [2.45, 2.75) is 6.18 Å². The van der Waals surface area contributed by atoms with Crippen molar-refractivity contribution in [3.8, 4) is 0 Å². The fourth-order valence-electron chi connectivity index (χ4n) is 1.17. The van der Waals surface area contributed by atoms with E-state index in [0.29, 0.717) is 11.0 Å². The molecule has 0 spiro atoms. The second-order valence-electron chi connectivity index (χ2n) is 3.15. The topological polar surface area (TPSA) is 44.9 Å². The molecule has 1 N–H and O–H groups in total. The van der Waals surface area contributed by atoms with Crippen molar-refractivity contribution >= 4 is 17.5 Å². The first kappa shape index (κ1) is 12.8. The van der Waals surface area contributed by atoms with Crippen molar-refractivity contribution in [1.82, 2.24) is 0 Å². The summed E-state index contributed by atoms with van der Waals surface area (Å²) < 4.78 is 37.7. The van der Waals surface area contributed by atoms with Gasteiger partial charge >= 0.3 is 12.3 Å². The maximum atomic E-state index is 12.6. The van der Waals surface area contributed by atoms with E-state index in [-0.39, 0.29) is 5.69 Å². The lowest BCUT2D eigenvalue weighted by atomic mass is 10.1. The zero-order chi connectivity index (χ0) is 13.2. The molecule has 0 aliphatic rings. The van der Waals surface area contributed by atoms with Crippen LogP contribution in [0.2, 0.25) is 0 Å². The highest BCUT2D eigenvalue weighted by Crippen LogP contribution is 2.38. The van der Waals surface area contributed by atoms with Crippen LogP contribution in [0.3, 0.4) is 0 Å². The molecule has 90 valence electrons. The molecule has 0 bridgehead atoms. The van der Waals surface area contributed by atoms with Crippen LogP contribution in [0, 0.1) is 6.57 Å². The molecule has 0 heterocycles. The number of hydrogen-bond donors (Lipinski definition) is 1. The number of hydrogen-bond acceptors (Lipinski definition) is 1. The number of alkyl halides is 3. The Kier molecular flexibility index (Phi) is 3.27. The third-order valence-corrected chi connectivity index (χ3v) is 2.08. The van der Waals surface area contributed by atoms with Gasteiger partial charge < -0.3 is 5.11 Å². The highest BCUT2D eigenvalue weighted by atomic mass is 19.4. The van der Waals surface area contributed by atoms with Crippen molar-refractivity contribution in [1.29, 1.82) is 0 Å². The lowest BCUT2D eigenvalue weighted by Gasteiger charge is -2.16. The van der Waals surface area contributed by atoms with Crippen LogP contribution in [0.25, 0.3) is 4.85 Å². The van der Waals surface area contributed by atoms with Gasteiger partial charge in [-0.2, -0.15) is 13.2 Å². The zero-order valence-electron chi connectivity index (χ0n) is 8.62. The van der Waals surface area contributed by atoms with Crippen LogP contribution in [0.1, 0.15) is 5.56 Å². The van der Waals surface area contributed by atoms with Crippen molar-refractivity contribution in [3.05, 3.63) is 35.2 Å². The molecule has 1 rings (SSSR count). The van der Waals surface area contributed by atoms with Gasteiger partial charge in [-0.05, 0) is 12.1 Å². The summed E-state index contributed by atoms with van der Waals surface area (Å²) in [6.07, 6.45) is -6.07. The largest absolute Gasteiger partial charge is 0.465 e. The summed E-state index contributed by atoms with van der Waals surface area (Å²) >= 11 is 0. The normalized spacial score (nSPS) is 10.8. The Morgan fingerprint density at radius 3 is 2.47 bits per heavy atom. The van der Waals surface area contributed by atoms with Gasteiger partial charge in [-0.1, -0.05) is 6.07 Å². The SMILES string of the molecule is [C-]#[N+]c1ccc(N(C)C(=O)O)cc1C(F)(F)F. The van der Waals surface area contributed by atoms with E-state index in [4.69, 9.17) is 11.7 Å². The Balaban J connectivity index is 3.34. The van der Waals surface area contributed by atoms with Crippen molar-refractivity contribution in [2.24, 2.45) is 0 Å². The summed E-state index contributed by atoms with van der Waals surface area (Å²) in [6.45, 7) is 6.62. The van der Waals surface area contributed by atoms with E-state index >= 15 is 0 Å². The Morgan fingerprint density at radius 1 is 1.47 bits per heavy atom.